The standard InChI is InChI=1S/C31H32FN5O3S/c1-21-7-9-24(10-8-21)28-17-23(18-30(36-28)35-22(2)25-5-3-15-33-20-25)19-34-31(38)29-6-4-16-37(29)41(39,40)27-13-11-26(32)12-14-27/h3,5,7-15,17-18,20,22,29H,4,6,16,19H2,1-2H3,(H,34,38)(H,35,36)/t22?,29-/m0/s1. The van der Waals surface area contributed by atoms with E-state index in [1.807, 2.05) is 62.4 Å². The van der Waals surface area contributed by atoms with Crippen molar-refractivity contribution in [1.29, 1.82) is 0 Å². The number of sulfonamides is 1. The lowest BCUT2D eigenvalue weighted by Crippen LogP contribution is -2.45. The Bertz CT molecular complexity index is 1610. The van der Waals surface area contributed by atoms with Crippen LogP contribution in [0.2, 0.25) is 0 Å². The first-order valence-corrected chi connectivity index (χ1v) is 14.9. The zero-order valence-electron chi connectivity index (χ0n) is 22.9. The molecule has 2 N–H and O–H groups in total. The second-order valence-corrected chi connectivity index (χ2v) is 12.1. The van der Waals surface area contributed by atoms with Gasteiger partial charge in [-0.3, -0.25) is 9.78 Å². The lowest BCUT2D eigenvalue weighted by molar-refractivity contribution is -0.124. The number of aryl methyl sites for hydroxylation is 1. The minimum atomic E-state index is -3.94. The fourth-order valence-electron chi connectivity index (χ4n) is 4.91. The molecule has 0 radical (unpaired) electrons. The molecule has 0 aliphatic carbocycles. The van der Waals surface area contributed by atoms with Gasteiger partial charge in [-0.15, -0.1) is 0 Å². The number of carbonyl (C=O) groups is 1. The van der Waals surface area contributed by atoms with Gasteiger partial charge >= 0.3 is 0 Å². The van der Waals surface area contributed by atoms with Crippen molar-refractivity contribution in [1.82, 2.24) is 19.6 Å². The fourth-order valence-corrected chi connectivity index (χ4v) is 6.57. The summed E-state index contributed by atoms with van der Waals surface area (Å²) >= 11 is 0. The van der Waals surface area contributed by atoms with E-state index in [2.05, 4.69) is 15.6 Å². The van der Waals surface area contributed by atoms with Crippen molar-refractivity contribution in [3.63, 3.8) is 0 Å². The van der Waals surface area contributed by atoms with E-state index in [0.717, 1.165) is 40.1 Å². The number of rotatable bonds is 9. The fraction of sp³-hybridized carbons (Fsp3) is 0.258. The summed E-state index contributed by atoms with van der Waals surface area (Å²) in [7, 11) is -3.94. The van der Waals surface area contributed by atoms with Gasteiger partial charge in [0, 0.05) is 31.0 Å². The predicted octanol–water partition coefficient (Wildman–Crippen LogP) is 5.23. The van der Waals surface area contributed by atoms with Gasteiger partial charge in [-0.05, 0) is 80.3 Å². The number of hydrogen-bond acceptors (Lipinski definition) is 6. The van der Waals surface area contributed by atoms with Crippen LogP contribution >= 0.6 is 0 Å². The molecule has 1 aliphatic heterocycles. The Morgan fingerprint density at radius 3 is 2.56 bits per heavy atom. The van der Waals surface area contributed by atoms with E-state index in [9.17, 15) is 17.6 Å². The number of benzene rings is 2. The Kier molecular flexibility index (Phi) is 8.41. The molecule has 2 aromatic heterocycles. The number of anilines is 1. The van der Waals surface area contributed by atoms with Gasteiger partial charge < -0.3 is 10.6 Å². The highest BCUT2D eigenvalue weighted by Crippen LogP contribution is 2.28. The van der Waals surface area contributed by atoms with Crippen LogP contribution in [0.15, 0.2) is 90.1 Å². The molecule has 3 heterocycles. The number of pyridine rings is 2. The van der Waals surface area contributed by atoms with Gasteiger partial charge in [0.1, 0.15) is 17.7 Å². The van der Waals surface area contributed by atoms with Crippen molar-refractivity contribution in [2.75, 3.05) is 11.9 Å². The highest BCUT2D eigenvalue weighted by atomic mass is 32.2. The third-order valence-electron chi connectivity index (χ3n) is 7.17. The van der Waals surface area contributed by atoms with E-state index in [0.29, 0.717) is 18.7 Å². The molecule has 0 bridgehead atoms. The first-order chi connectivity index (χ1) is 19.7. The summed E-state index contributed by atoms with van der Waals surface area (Å²) in [5.74, 6) is -0.254. The monoisotopic (exact) mass is 573 g/mol. The molecule has 10 heteroatoms. The average molecular weight is 574 g/mol. The van der Waals surface area contributed by atoms with Crippen LogP contribution in [0.5, 0.6) is 0 Å². The van der Waals surface area contributed by atoms with E-state index in [1.54, 1.807) is 12.4 Å². The highest BCUT2D eigenvalue weighted by molar-refractivity contribution is 7.89. The molecule has 1 unspecified atom stereocenters. The van der Waals surface area contributed by atoms with Gasteiger partial charge in [-0.2, -0.15) is 4.31 Å². The second kappa shape index (κ2) is 12.2. The van der Waals surface area contributed by atoms with Crippen LogP contribution in [0, 0.1) is 12.7 Å². The highest BCUT2D eigenvalue weighted by Gasteiger charge is 2.39. The summed E-state index contributed by atoms with van der Waals surface area (Å²) in [6.07, 6.45) is 4.50. The second-order valence-electron chi connectivity index (χ2n) is 10.2. The Labute approximate surface area is 239 Å². The maximum atomic E-state index is 13.4. The molecule has 0 spiro atoms. The van der Waals surface area contributed by atoms with E-state index in [1.165, 1.54) is 16.4 Å². The molecule has 2 atom stereocenters. The minimum absolute atomic E-state index is 0.0334. The normalized spacial score (nSPS) is 16.3. The molecule has 2 aromatic carbocycles. The maximum absolute atomic E-state index is 13.4. The summed E-state index contributed by atoms with van der Waals surface area (Å²) < 4.78 is 41.0. The number of carbonyl (C=O) groups excluding carboxylic acids is 1. The molecule has 5 rings (SSSR count). The quantitative estimate of drug-likeness (QED) is 0.284. The number of amides is 1. The van der Waals surface area contributed by atoms with Crippen LogP contribution in [0.1, 0.15) is 42.5 Å². The maximum Gasteiger partial charge on any atom is 0.243 e. The first-order valence-electron chi connectivity index (χ1n) is 13.5. The van der Waals surface area contributed by atoms with E-state index in [4.69, 9.17) is 4.98 Å². The van der Waals surface area contributed by atoms with Gasteiger partial charge in [0.25, 0.3) is 0 Å². The largest absolute Gasteiger partial charge is 0.363 e. The van der Waals surface area contributed by atoms with Gasteiger partial charge in [-0.25, -0.2) is 17.8 Å². The zero-order valence-corrected chi connectivity index (χ0v) is 23.7. The van der Waals surface area contributed by atoms with Crippen molar-refractivity contribution >= 4 is 21.7 Å². The summed E-state index contributed by atoms with van der Waals surface area (Å²) in [5.41, 5.74) is 4.65. The zero-order chi connectivity index (χ0) is 29.0. The lowest BCUT2D eigenvalue weighted by Gasteiger charge is -2.23. The van der Waals surface area contributed by atoms with Crippen LogP contribution in [-0.2, 0) is 21.4 Å². The van der Waals surface area contributed by atoms with Crippen LogP contribution in [0.25, 0.3) is 11.3 Å². The van der Waals surface area contributed by atoms with Crippen LogP contribution < -0.4 is 10.6 Å². The minimum Gasteiger partial charge on any atom is -0.363 e. The van der Waals surface area contributed by atoms with Crippen LogP contribution in [0.3, 0.4) is 0 Å². The van der Waals surface area contributed by atoms with Crippen LogP contribution in [0.4, 0.5) is 10.2 Å². The lowest BCUT2D eigenvalue weighted by atomic mass is 10.1. The average Bonchev–Trinajstić information content (AvgIpc) is 3.48. The van der Waals surface area contributed by atoms with Gasteiger partial charge in [0.05, 0.1) is 16.6 Å². The van der Waals surface area contributed by atoms with Gasteiger partial charge in [0.2, 0.25) is 15.9 Å². The van der Waals surface area contributed by atoms with E-state index >= 15 is 0 Å². The smallest absolute Gasteiger partial charge is 0.243 e. The Hall–Kier alpha value is -4.15. The Balaban J connectivity index is 1.36. The molecular formula is C31H32FN5O3S. The van der Waals surface area contributed by atoms with Crippen LogP contribution in [-0.4, -0.2) is 41.2 Å². The predicted molar refractivity (Wildman–Crippen MR) is 156 cm³/mol. The first kappa shape index (κ1) is 28.4. The van der Waals surface area contributed by atoms with Gasteiger partial charge in [0.15, 0.2) is 0 Å². The Morgan fingerprint density at radius 1 is 1.10 bits per heavy atom. The van der Waals surface area contributed by atoms with E-state index < -0.39 is 21.9 Å². The molecule has 1 fully saturated rings. The summed E-state index contributed by atoms with van der Waals surface area (Å²) in [4.78, 5) is 22.3. The van der Waals surface area contributed by atoms with Crippen molar-refractivity contribution in [2.45, 2.75) is 50.2 Å². The molecule has 41 heavy (non-hydrogen) atoms. The molecule has 1 saturated heterocycles. The number of nitrogens with one attached hydrogen (secondary N) is 2. The third-order valence-corrected chi connectivity index (χ3v) is 9.10. The molecule has 212 valence electrons. The number of aromatic nitrogens is 2. The summed E-state index contributed by atoms with van der Waals surface area (Å²) in [5, 5.41) is 6.37. The Morgan fingerprint density at radius 2 is 1.85 bits per heavy atom. The summed E-state index contributed by atoms with van der Waals surface area (Å²) in [6, 6.07) is 19.5. The number of nitrogens with zero attached hydrogens (tertiary/aromatic N) is 3. The van der Waals surface area contributed by atoms with Crippen molar-refractivity contribution in [3.05, 3.63) is 108 Å². The molecule has 8 nitrogen and oxygen atoms in total. The number of halogens is 1. The molecule has 4 aromatic rings. The molecular weight excluding hydrogens is 541 g/mol. The molecule has 1 amide bonds. The number of hydrogen-bond donors (Lipinski definition) is 2. The molecule has 0 saturated carbocycles. The SMILES string of the molecule is Cc1ccc(-c2cc(CNC(=O)[C@@H]3CCCN3S(=O)(=O)c3ccc(F)cc3)cc(NC(C)c3cccnc3)n2)cc1. The third kappa shape index (κ3) is 6.61. The van der Waals surface area contributed by atoms with E-state index in [-0.39, 0.29) is 29.9 Å². The molecule has 1 aliphatic rings. The summed E-state index contributed by atoms with van der Waals surface area (Å²) in [6.45, 7) is 4.46. The van der Waals surface area contributed by atoms with Gasteiger partial charge in [-0.1, -0.05) is 35.9 Å². The van der Waals surface area contributed by atoms with Crippen molar-refractivity contribution in [2.24, 2.45) is 0 Å². The van der Waals surface area contributed by atoms with Crippen molar-refractivity contribution in [3.8, 4) is 11.3 Å². The topological polar surface area (TPSA) is 104 Å². The van der Waals surface area contributed by atoms with Crippen molar-refractivity contribution < 1.29 is 17.6 Å².